The summed E-state index contributed by atoms with van der Waals surface area (Å²) in [5.74, 6) is -1.64. The summed E-state index contributed by atoms with van der Waals surface area (Å²) < 4.78 is 40.1. The molecule has 1 N–H and O–H groups in total. The molecule has 0 heterocycles. The van der Waals surface area contributed by atoms with Crippen LogP contribution in [0.4, 0.5) is 10.1 Å². The lowest BCUT2D eigenvalue weighted by molar-refractivity contribution is -0.139. The molecule has 0 saturated heterocycles. The molecule has 0 bridgehead atoms. The Labute approximate surface area is 186 Å². The molecule has 7 nitrogen and oxygen atoms in total. The molecule has 2 aromatic rings. The van der Waals surface area contributed by atoms with Crippen molar-refractivity contribution in [2.24, 2.45) is 0 Å². The van der Waals surface area contributed by atoms with E-state index in [2.05, 4.69) is 5.32 Å². The van der Waals surface area contributed by atoms with Gasteiger partial charge in [-0.25, -0.2) is 12.8 Å². The van der Waals surface area contributed by atoms with Crippen molar-refractivity contribution in [1.29, 1.82) is 0 Å². The summed E-state index contributed by atoms with van der Waals surface area (Å²) in [6, 6.07) is 9.56. The fourth-order valence-corrected chi connectivity index (χ4v) is 4.23. The van der Waals surface area contributed by atoms with Crippen LogP contribution in [0.2, 0.25) is 5.02 Å². The van der Waals surface area contributed by atoms with E-state index in [1.54, 1.807) is 19.1 Å². The van der Waals surface area contributed by atoms with E-state index in [-0.39, 0.29) is 12.1 Å². The third kappa shape index (κ3) is 6.18. The molecule has 0 fully saturated rings. The van der Waals surface area contributed by atoms with Crippen molar-refractivity contribution in [2.75, 3.05) is 24.2 Å². The SMILES string of the molecule is CNC(=O)C(C)N(Cc1ccccc1F)C(=O)CN(c1ccc(Cl)cc1C)S(C)(=O)=O. The van der Waals surface area contributed by atoms with Gasteiger partial charge in [-0.05, 0) is 43.7 Å². The van der Waals surface area contributed by atoms with E-state index in [1.165, 1.54) is 44.3 Å². The van der Waals surface area contributed by atoms with E-state index in [9.17, 15) is 22.4 Å². The van der Waals surface area contributed by atoms with Gasteiger partial charge in [-0.15, -0.1) is 0 Å². The molecule has 1 atom stereocenters. The summed E-state index contributed by atoms with van der Waals surface area (Å²) in [6.07, 6.45) is 0.984. The summed E-state index contributed by atoms with van der Waals surface area (Å²) in [6.45, 7) is 2.42. The summed E-state index contributed by atoms with van der Waals surface area (Å²) in [7, 11) is -2.43. The van der Waals surface area contributed by atoms with Crippen LogP contribution >= 0.6 is 11.6 Å². The first-order valence-corrected chi connectivity index (χ1v) is 11.7. The van der Waals surface area contributed by atoms with Gasteiger partial charge in [-0.1, -0.05) is 29.8 Å². The van der Waals surface area contributed by atoms with E-state index in [0.717, 1.165) is 15.5 Å². The number of rotatable bonds is 8. The molecule has 10 heteroatoms. The highest BCUT2D eigenvalue weighted by Gasteiger charge is 2.30. The normalized spacial score (nSPS) is 12.2. The van der Waals surface area contributed by atoms with Gasteiger partial charge in [0.05, 0.1) is 11.9 Å². The first-order valence-electron chi connectivity index (χ1n) is 9.44. The van der Waals surface area contributed by atoms with Crippen LogP contribution in [0.5, 0.6) is 0 Å². The van der Waals surface area contributed by atoms with Crippen molar-refractivity contribution < 1.29 is 22.4 Å². The molecule has 0 aromatic heterocycles. The number of carbonyl (C=O) groups excluding carboxylic acids is 2. The van der Waals surface area contributed by atoms with Crippen molar-refractivity contribution in [3.8, 4) is 0 Å². The molecule has 0 aliphatic heterocycles. The van der Waals surface area contributed by atoms with Crippen molar-refractivity contribution in [1.82, 2.24) is 10.2 Å². The number of anilines is 1. The average Bonchev–Trinajstić information content (AvgIpc) is 2.70. The number of hydrogen-bond donors (Lipinski definition) is 1. The number of benzene rings is 2. The zero-order valence-electron chi connectivity index (χ0n) is 17.7. The van der Waals surface area contributed by atoms with Crippen molar-refractivity contribution in [3.05, 3.63) is 64.4 Å². The number of nitrogens with zero attached hydrogens (tertiary/aromatic N) is 2. The van der Waals surface area contributed by atoms with Crippen molar-refractivity contribution in [2.45, 2.75) is 26.4 Å². The smallest absolute Gasteiger partial charge is 0.244 e. The molecule has 0 radical (unpaired) electrons. The van der Waals surface area contributed by atoms with Crippen LogP contribution in [-0.2, 0) is 26.2 Å². The van der Waals surface area contributed by atoms with Gasteiger partial charge in [0.1, 0.15) is 18.4 Å². The molecule has 0 aliphatic rings. The first-order chi connectivity index (χ1) is 14.5. The molecular weight excluding hydrogens is 445 g/mol. The minimum Gasteiger partial charge on any atom is -0.357 e. The quantitative estimate of drug-likeness (QED) is 0.644. The highest BCUT2D eigenvalue weighted by Crippen LogP contribution is 2.26. The van der Waals surface area contributed by atoms with Gasteiger partial charge in [-0.3, -0.25) is 13.9 Å². The number of amides is 2. The lowest BCUT2D eigenvalue weighted by Gasteiger charge is -2.31. The standard InChI is InChI=1S/C21H25ClFN3O4S/c1-14-11-17(22)9-10-19(14)26(31(4,29)30)13-20(27)25(15(2)21(28)24-3)12-16-7-5-6-8-18(16)23/h5-11,15H,12-13H2,1-4H3,(H,24,28). The zero-order chi connectivity index (χ0) is 23.3. The largest absolute Gasteiger partial charge is 0.357 e. The van der Waals surface area contributed by atoms with Gasteiger partial charge in [0.25, 0.3) is 0 Å². The number of likely N-dealkylation sites (N-methyl/N-ethyl adjacent to an activating group) is 1. The van der Waals surface area contributed by atoms with Crippen molar-refractivity contribution in [3.63, 3.8) is 0 Å². The predicted molar refractivity (Wildman–Crippen MR) is 119 cm³/mol. The number of aryl methyl sites for hydroxylation is 1. The summed E-state index contributed by atoms with van der Waals surface area (Å²) >= 11 is 5.97. The third-order valence-corrected chi connectivity index (χ3v) is 6.18. The monoisotopic (exact) mass is 469 g/mol. The second-order valence-electron chi connectivity index (χ2n) is 7.10. The minimum atomic E-state index is -3.85. The maximum absolute atomic E-state index is 14.2. The summed E-state index contributed by atoms with van der Waals surface area (Å²) in [5.41, 5.74) is 1.06. The maximum Gasteiger partial charge on any atom is 0.244 e. The Morgan fingerprint density at radius 3 is 2.39 bits per heavy atom. The number of carbonyl (C=O) groups is 2. The molecule has 2 rings (SSSR count). The van der Waals surface area contributed by atoms with Crippen LogP contribution in [0.15, 0.2) is 42.5 Å². The van der Waals surface area contributed by atoms with Gasteiger partial charge < -0.3 is 10.2 Å². The van der Waals surface area contributed by atoms with Gasteiger partial charge >= 0.3 is 0 Å². The third-order valence-electron chi connectivity index (χ3n) is 4.82. The second-order valence-corrected chi connectivity index (χ2v) is 9.45. The van der Waals surface area contributed by atoms with Gasteiger partial charge in [0, 0.05) is 24.2 Å². The van der Waals surface area contributed by atoms with E-state index in [0.29, 0.717) is 16.3 Å². The molecule has 2 amide bonds. The molecule has 31 heavy (non-hydrogen) atoms. The van der Waals surface area contributed by atoms with Gasteiger partial charge in [0.15, 0.2) is 0 Å². The van der Waals surface area contributed by atoms with Gasteiger partial charge in [-0.2, -0.15) is 0 Å². The lowest BCUT2D eigenvalue weighted by Crippen LogP contribution is -2.50. The van der Waals surface area contributed by atoms with Gasteiger partial charge in [0.2, 0.25) is 21.8 Å². The summed E-state index contributed by atoms with van der Waals surface area (Å²) in [4.78, 5) is 26.6. The highest BCUT2D eigenvalue weighted by molar-refractivity contribution is 7.92. The molecule has 1 unspecified atom stereocenters. The number of halogens is 2. The first kappa shape index (κ1) is 24.6. The topological polar surface area (TPSA) is 86.8 Å². The average molecular weight is 470 g/mol. The fourth-order valence-electron chi connectivity index (χ4n) is 3.10. The fraction of sp³-hybridized carbons (Fsp3) is 0.333. The summed E-state index contributed by atoms with van der Waals surface area (Å²) in [5, 5.41) is 2.88. The number of sulfonamides is 1. The number of hydrogen-bond acceptors (Lipinski definition) is 4. The number of nitrogens with one attached hydrogen (secondary N) is 1. The van der Waals surface area contributed by atoms with E-state index >= 15 is 0 Å². The second kappa shape index (κ2) is 10.1. The Morgan fingerprint density at radius 1 is 1.19 bits per heavy atom. The maximum atomic E-state index is 14.2. The molecule has 168 valence electrons. The van der Waals surface area contributed by atoms with Crippen LogP contribution in [0.25, 0.3) is 0 Å². The van der Waals surface area contributed by atoms with E-state index < -0.39 is 40.2 Å². The molecule has 0 saturated carbocycles. The Balaban J connectivity index is 2.43. The minimum absolute atomic E-state index is 0.197. The van der Waals surface area contributed by atoms with Crippen LogP contribution in [0.1, 0.15) is 18.1 Å². The van der Waals surface area contributed by atoms with Crippen LogP contribution < -0.4 is 9.62 Å². The van der Waals surface area contributed by atoms with Crippen LogP contribution in [-0.4, -0.2) is 51.0 Å². The van der Waals surface area contributed by atoms with Crippen LogP contribution in [0.3, 0.4) is 0 Å². The Morgan fingerprint density at radius 2 is 1.84 bits per heavy atom. The lowest BCUT2D eigenvalue weighted by atomic mass is 10.1. The van der Waals surface area contributed by atoms with E-state index in [4.69, 9.17) is 11.6 Å². The Hall–Kier alpha value is -2.65. The molecule has 2 aromatic carbocycles. The van der Waals surface area contributed by atoms with E-state index in [1.807, 2.05) is 0 Å². The molecule has 0 spiro atoms. The zero-order valence-corrected chi connectivity index (χ0v) is 19.3. The Kier molecular flexibility index (Phi) is 8.02. The molecule has 0 aliphatic carbocycles. The highest BCUT2D eigenvalue weighted by atomic mass is 35.5. The Bertz CT molecular complexity index is 1080. The van der Waals surface area contributed by atoms with Crippen LogP contribution in [0, 0.1) is 12.7 Å². The predicted octanol–water partition coefficient (Wildman–Crippen LogP) is 2.72. The van der Waals surface area contributed by atoms with Crippen molar-refractivity contribution >= 4 is 39.1 Å². The molecular formula is C21H25ClFN3O4S.